The number of benzene rings is 13. The van der Waals surface area contributed by atoms with Crippen LogP contribution in [-0.4, -0.2) is 31.6 Å². The van der Waals surface area contributed by atoms with Crippen LogP contribution in [0.4, 0.5) is 5.69 Å². The summed E-state index contributed by atoms with van der Waals surface area (Å²) in [6.07, 6.45) is 4.48. The van der Waals surface area contributed by atoms with E-state index in [1.807, 2.05) is 6.07 Å². The minimum absolute atomic E-state index is 0.0710. The van der Waals surface area contributed by atoms with Crippen molar-refractivity contribution >= 4 is 92.6 Å². The fourth-order valence-corrected chi connectivity index (χ4v) is 21.3. The van der Waals surface area contributed by atoms with Gasteiger partial charge >= 0.3 is 11.3 Å². The molecule has 2 spiro atoms. The minimum atomic E-state index is -0.761. The average Bonchev–Trinajstić information content (AvgIpc) is 1.46. The van der Waals surface area contributed by atoms with Crippen molar-refractivity contribution < 1.29 is 32.4 Å². The van der Waals surface area contributed by atoms with Gasteiger partial charge in [-0.25, -0.2) is 0 Å². The molecule has 0 saturated carbocycles. The van der Waals surface area contributed by atoms with E-state index < -0.39 is 11.3 Å². The molecule has 0 fully saturated rings. The summed E-state index contributed by atoms with van der Waals surface area (Å²) in [6, 6.07) is 92.7. The highest BCUT2D eigenvalue weighted by Gasteiger charge is 2.72. The van der Waals surface area contributed by atoms with Gasteiger partial charge in [0, 0.05) is 101 Å². The second kappa shape index (κ2) is 21.5. The van der Waals surface area contributed by atoms with Crippen LogP contribution in [-0.2, 0) is 11.3 Å². The van der Waals surface area contributed by atoms with Crippen molar-refractivity contribution in [3.63, 3.8) is 0 Å². The monoisotopic (exact) mass is 1450 g/mol. The zero-order chi connectivity index (χ0) is 74.2. The number of hydrogen-bond acceptors (Lipinski definition) is 5. The Labute approximate surface area is 641 Å². The van der Waals surface area contributed by atoms with Gasteiger partial charge in [-0.2, -0.15) is 18.3 Å². The smallest absolute Gasteiger partial charge is 0.397 e. The molecule has 6 aromatic heterocycles. The number of pyridine rings is 2. The summed E-state index contributed by atoms with van der Waals surface area (Å²) in [6.45, 7) is 15.1. The number of para-hydroxylation sites is 2. The molecule has 1 aliphatic carbocycles. The Morgan fingerprint density at radius 2 is 0.955 bits per heavy atom. The van der Waals surface area contributed by atoms with Crippen LogP contribution in [0.2, 0.25) is 0 Å². The normalized spacial score (nSPS) is 15.7. The number of aromatic nitrogens is 8. The Hall–Kier alpha value is -14.4. The zero-order valence-corrected chi connectivity index (χ0v) is 62.1. The lowest BCUT2D eigenvalue weighted by Gasteiger charge is -2.33. The van der Waals surface area contributed by atoms with Crippen LogP contribution >= 0.6 is 0 Å². The van der Waals surface area contributed by atoms with E-state index in [1.54, 1.807) is 12.1 Å². The van der Waals surface area contributed by atoms with Crippen LogP contribution in [0.25, 0.3) is 143 Å². The maximum absolute atomic E-state index is 12.6. The van der Waals surface area contributed by atoms with Gasteiger partial charge in [0.1, 0.15) is 79.1 Å². The fourth-order valence-electron chi connectivity index (χ4n) is 21.3. The van der Waals surface area contributed by atoms with E-state index in [-0.39, 0.29) is 5.43 Å². The summed E-state index contributed by atoms with van der Waals surface area (Å²) in [5, 5.41) is 13.5. The summed E-state index contributed by atoms with van der Waals surface area (Å²) in [5.41, 5.74) is 23.8. The summed E-state index contributed by atoms with van der Waals surface area (Å²) in [4.78, 5) is 14.9. The molecule has 13 heteroatoms. The molecule has 0 N–H and O–H groups in total. The lowest BCUT2D eigenvalue weighted by Crippen LogP contribution is -2.77. The van der Waals surface area contributed by atoms with E-state index in [1.165, 1.54) is 81.5 Å². The van der Waals surface area contributed by atoms with E-state index in [0.29, 0.717) is 5.76 Å². The van der Waals surface area contributed by atoms with E-state index in [0.717, 1.165) is 154 Å². The van der Waals surface area contributed by atoms with Crippen molar-refractivity contribution in [3.8, 4) is 91.4 Å². The molecular weight excluding hydrogens is 1380 g/mol. The highest BCUT2D eigenvalue weighted by Crippen LogP contribution is 2.59. The molecule has 2 unspecified atom stereocenters. The van der Waals surface area contributed by atoms with Gasteiger partial charge in [-0.15, -0.1) is 9.36 Å². The summed E-state index contributed by atoms with van der Waals surface area (Å²) in [5.74, 6) is 13.7. The molecular formula is C99H67N9O4+4. The molecule has 0 bridgehead atoms. The highest BCUT2D eigenvalue weighted by atomic mass is 16.5. The van der Waals surface area contributed by atoms with Crippen LogP contribution in [0.15, 0.2) is 282 Å². The third kappa shape index (κ3) is 7.34. The summed E-state index contributed by atoms with van der Waals surface area (Å²) < 4.78 is 39.9. The number of rotatable bonds is 5. The molecule has 0 amide bonds. The van der Waals surface area contributed by atoms with E-state index in [4.69, 9.17) is 13.9 Å². The van der Waals surface area contributed by atoms with Gasteiger partial charge in [0.25, 0.3) is 11.6 Å². The topological polar surface area (TPSA) is 87.1 Å². The van der Waals surface area contributed by atoms with Crippen molar-refractivity contribution in [2.45, 2.75) is 52.9 Å². The first-order valence-corrected chi connectivity index (χ1v) is 38.7. The van der Waals surface area contributed by atoms with Crippen molar-refractivity contribution in [2.75, 3.05) is 18.0 Å². The standard InChI is InChI=1S/C52H39N5O3.C47H28N4O/c1-5-53(6-2)34-21-23-38-44(28-34)60-45-29-35(58)22-24-39(45)48(38)33-19-17-32(18-20-33)47-30(3)56-41-14-11-15-42-49(41)52(57(56)31(47)4)50-43(59-42)26-25-37-36-12-7-8-13-40(36)55(51(37)50)46-16-9-10-27-54(46)52;1-27-33(22-20-29-16-17-32-19-18-30-9-7-10-31-21-23-34(29)43(32)42(30)31)28(2)51-47-44-38(50(27)51)13-8-14-39(44)52-40-25-24-36-35-11-3-4-12-37(35)49(46(36)45(40)47)41-15-5-6-26-48(41)47/h7-29H,5-6H2,1-4H3;3-19,21,23-26H,1-2H3/q2*+2. The predicted molar refractivity (Wildman–Crippen MR) is 439 cm³/mol. The quantitative estimate of drug-likeness (QED) is 0.0742. The van der Waals surface area contributed by atoms with Gasteiger partial charge in [0.15, 0.2) is 27.6 Å². The van der Waals surface area contributed by atoms with Gasteiger partial charge in [0.05, 0.1) is 23.7 Å². The molecule has 18 aromatic rings. The maximum atomic E-state index is 12.6. The average molecular weight is 1450 g/mol. The molecule has 8 aliphatic rings. The minimum Gasteiger partial charge on any atom is -0.456 e. The fraction of sp³-hybridized carbons (Fsp3) is 0.101. The first-order chi connectivity index (χ1) is 55.1. The van der Waals surface area contributed by atoms with Gasteiger partial charge in [-0.05, 0) is 186 Å². The molecule has 0 radical (unpaired) electrons. The highest BCUT2D eigenvalue weighted by molar-refractivity contribution is 6.24. The van der Waals surface area contributed by atoms with Crippen LogP contribution in [0.5, 0.6) is 23.0 Å². The Balaban J connectivity index is 0.000000128. The molecule has 26 rings (SSSR count). The molecule has 528 valence electrons. The van der Waals surface area contributed by atoms with Crippen LogP contribution < -0.4 is 38.3 Å². The predicted octanol–water partition coefficient (Wildman–Crippen LogP) is 19.3. The van der Waals surface area contributed by atoms with Gasteiger partial charge in [-0.1, -0.05) is 143 Å². The Morgan fingerprint density at radius 3 is 1.58 bits per heavy atom. The first-order valence-electron chi connectivity index (χ1n) is 38.7. The molecule has 112 heavy (non-hydrogen) atoms. The maximum Gasteiger partial charge on any atom is 0.397 e. The SMILES string of the molecule is CCN(CC)c1ccc2c(-c3ccc(-c4c(C)n5[n+](c4C)C46c7c(cccc7-5)Oc5ccc7c8ccccc8n(c7c54)-c4cccc[n+]46)cc3)c3ccc(=O)cc-3oc2c1.Cc1c(C#Cc2ccc3ccc4cccc5ccc2c3c45)c(C)[n+]2n1-c1cccc3c1C21c2c(ccc4c5ccccc5n(c24)-c2cccc[n+]21)O3. The second-order valence-electron chi connectivity index (χ2n) is 30.7. The first kappa shape index (κ1) is 61.6. The molecule has 0 saturated heterocycles. The van der Waals surface area contributed by atoms with Gasteiger partial charge in [-0.3, -0.25) is 4.79 Å². The van der Waals surface area contributed by atoms with Gasteiger partial charge < -0.3 is 18.8 Å². The third-order valence-corrected chi connectivity index (χ3v) is 25.6. The van der Waals surface area contributed by atoms with E-state index in [9.17, 15) is 4.79 Å². The third-order valence-electron chi connectivity index (χ3n) is 25.6. The second-order valence-corrected chi connectivity index (χ2v) is 30.7. The summed E-state index contributed by atoms with van der Waals surface area (Å²) >= 11 is 0. The lowest BCUT2D eigenvalue weighted by molar-refractivity contribution is -0.996. The van der Waals surface area contributed by atoms with Gasteiger partial charge in [0.2, 0.25) is 11.4 Å². The zero-order valence-electron chi connectivity index (χ0n) is 62.1. The summed E-state index contributed by atoms with van der Waals surface area (Å²) in [7, 11) is 0. The number of anilines is 1. The molecule has 2 atom stereocenters. The van der Waals surface area contributed by atoms with Crippen molar-refractivity contribution in [3.05, 3.63) is 340 Å². The Bertz CT molecular complexity index is 7830. The van der Waals surface area contributed by atoms with E-state index >= 15 is 0 Å². The van der Waals surface area contributed by atoms with Crippen LogP contribution in [0.1, 0.15) is 70.0 Å². The molecule has 12 aromatic carbocycles. The molecule has 13 nitrogen and oxygen atoms in total. The number of fused-ring (bicyclic) bond motifs is 16. The Morgan fingerprint density at radius 1 is 0.429 bits per heavy atom. The Kier molecular flexibility index (Phi) is 11.8. The van der Waals surface area contributed by atoms with E-state index in [2.05, 4.69) is 350 Å². The number of hydrogen-bond donors (Lipinski definition) is 0. The van der Waals surface area contributed by atoms with Crippen molar-refractivity contribution in [1.29, 1.82) is 0 Å². The molecule has 7 aliphatic heterocycles. The van der Waals surface area contributed by atoms with Crippen molar-refractivity contribution in [1.82, 2.24) is 18.5 Å². The number of ether oxygens (including phenoxy) is 2. The largest absolute Gasteiger partial charge is 0.456 e. The van der Waals surface area contributed by atoms with Crippen LogP contribution in [0, 0.1) is 39.5 Å². The van der Waals surface area contributed by atoms with Crippen LogP contribution in [0.3, 0.4) is 0 Å². The lowest BCUT2D eigenvalue weighted by atomic mass is 9.84. The molecule has 13 heterocycles. The number of nitrogens with zero attached hydrogens (tertiary/aromatic N) is 9. The van der Waals surface area contributed by atoms with Crippen molar-refractivity contribution in [2.24, 2.45) is 0 Å².